The van der Waals surface area contributed by atoms with Crippen molar-refractivity contribution in [3.63, 3.8) is 0 Å². The molecule has 2 aliphatic rings. The van der Waals surface area contributed by atoms with Gasteiger partial charge in [-0.15, -0.1) is 0 Å². The van der Waals surface area contributed by atoms with Crippen LogP contribution in [0.2, 0.25) is 5.02 Å². The highest BCUT2D eigenvalue weighted by Gasteiger charge is 2.77. The third-order valence-electron chi connectivity index (χ3n) is 6.81. The Morgan fingerprint density at radius 1 is 1.09 bits per heavy atom. The van der Waals surface area contributed by atoms with Crippen LogP contribution in [0.15, 0.2) is 42.5 Å². The summed E-state index contributed by atoms with van der Waals surface area (Å²) in [5.41, 5.74) is -3.89. The van der Waals surface area contributed by atoms with E-state index in [4.69, 9.17) is 16.3 Å². The molecule has 0 aliphatic heterocycles. The lowest BCUT2D eigenvalue weighted by Crippen LogP contribution is -2.67. The summed E-state index contributed by atoms with van der Waals surface area (Å²) in [4.78, 5) is 26.4. The zero-order chi connectivity index (χ0) is 24.1. The molecule has 3 N–H and O–H groups in total. The van der Waals surface area contributed by atoms with Crippen molar-refractivity contribution in [2.45, 2.75) is 49.9 Å². The Morgan fingerprint density at radius 2 is 1.76 bits per heavy atom. The van der Waals surface area contributed by atoms with Crippen LogP contribution < -0.4 is 4.74 Å². The lowest BCUT2D eigenvalue weighted by molar-refractivity contribution is -0.194. The molecule has 2 fully saturated rings. The van der Waals surface area contributed by atoms with Gasteiger partial charge in [-0.1, -0.05) is 35.9 Å². The normalized spacial score (nSPS) is 31.3. The molecule has 0 unspecified atom stereocenters. The summed E-state index contributed by atoms with van der Waals surface area (Å²) in [6.07, 6.45) is -10.5. The van der Waals surface area contributed by atoms with Crippen molar-refractivity contribution in [2.75, 3.05) is 6.61 Å². The molecular formula is C24H23ClF2O6. The van der Waals surface area contributed by atoms with Gasteiger partial charge in [-0.2, -0.15) is 0 Å². The minimum atomic E-state index is -3.40. The van der Waals surface area contributed by atoms with Crippen molar-refractivity contribution in [1.82, 2.24) is 0 Å². The molecule has 2 saturated carbocycles. The molecule has 2 bridgehead atoms. The molecular weight excluding hydrogens is 458 g/mol. The minimum Gasteiger partial charge on any atom is -0.494 e. The molecule has 9 heteroatoms. The Kier molecular flexibility index (Phi) is 6.07. The standard InChI is InChI=1S/C24H23ClF2O6/c1-2-33-15-6-3-12(4-7-15)9-13-10-14(5-8-16(13)25)24-17(28)11-23(21(24)32,22(26)27)19(30)18(29)20(24)31/h3-8,10,18-20,22,29-31H,2,9,11H2,1H3/t18-,19-,20+,23+,24-/m1/s1. The number of carbonyl (C=O) groups excluding carboxylic acids is 2. The molecule has 176 valence electrons. The fourth-order valence-corrected chi connectivity index (χ4v) is 5.25. The van der Waals surface area contributed by atoms with E-state index in [0.29, 0.717) is 29.4 Å². The number of ether oxygens (including phenoxy) is 1. The number of rotatable bonds is 6. The fraction of sp³-hybridized carbons (Fsp3) is 0.417. The van der Waals surface area contributed by atoms with Gasteiger partial charge in [0.2, 0.25) is 0 Å². The Morgan fingerprint density at radius 3 is 2.36 bits per heavy atom. The number of fused-ring (bicyclic) bond motifs is 2. The lowest BCUT2D eigenvalue weighted by atomic mass is 9.60. The SMILES string of the molecule is CCOc1ccc(Cc2cc([C@]34C(=O)C[C@@](C(F)F)(C3=O)[C@H](O)[C@@H](O)[C@@H]4O)ccc2Cl)cc1. The highest BCUT2D eigenvalue weighted by molar-refractivity contribution is 6.31. The highest BCUT2D eigenvalue weighted by Crippen LogP contribution is 2.57. The lowest BCUT2D eigenvalue weighted by Gasteiger charge is -2.45. The van der Waals surface area contributed by atoms with Gasteiger partial charge in [0.1, 0.15) is 34.9 Å². The maximum atomic E-state index is 14.0. The Bertz CT molecular complexity index is 1090. The maximum absolute atomic E-state index is 14.0. The van der Waals surface area contributed by atoms with Gasteiger partial charge in [-0.25, -0.2) is 8.78 Å². The number of aliphatic hydroxyl groups is 3. The topological polar surface area (TPSA) is 104 Å². The number of hydrogen-bond acceptors (Lipinski definition) is 6. The van der Waals surface area contributed by atoms with Gasteiger partial charge < -0.3 is 20.1 Å². The first-order chi connectivity index (χ1) is 15.6. The predicted octanol–water partition coefficient (Wildman–Crippen LogP) is 2.46. The van der Waals surface area contributed by atoms with Crippen LogP contribution in [0.3, 0.4) is 0 Å². The van der Waals surface area contributed by atoms with Crippen molar-refractivity contribution in [1.29, 1.82) is 0 Å². The van der Waals surface area contributed by atoms with E-state index in [2.05, 4.69) is 0 Å². The summed E-state index contributed by atoms with van der Waals surface area (Å²) in [6.45, 7) is 2.38. The number of ketones is 2. The van der Waals surface area contributed by atoms with Crippen LogP contribution in [-0.2, 0) is 21.4 Å². The summed E-state index contributed by atoms with van der Waals surface area (Å²) in [5, 5.41) is 31.7. The monoisotopic (exact) mass is 480 g/mol. The predicted molar refractivity (Wildman–Crippen MR) is 115 cm³/mol. The van der Waals surface area contributed by atoms with Crippen LogP contribution in [0, 0.1) is 5.41 Å². The summed E-state index contributed by atoms with van der Waals surface area (Å²) in [5.74, 6) is -1.57. The first kappa shape index (κ1) is 23.8. The second-order valence-electron chi connectivity index (χ2n) is 8.52. The minimum absolute atomic E-state index is 0.0381. The van der Waals surface area contributed by atoms with E-state index in [1.54, 1.807) is 12.1 Å². The van der Waals surface area contributed by atoms with Gasteiger partial charge in [0.15, 0.2) is 11.6 Å². The largest absolute Gasteiger partial charge is 0.494 e. The number of alkyl halides is 2. The van der Waals surface area contributed by atoms with Crippen LogP contribution in [0.25, 0.3) is 0 Å². The number of hydrogen-bond donors (Lipinski definition) is 3. The van der Waals surface area contributed by atoms with Crippen LogP contribution in [0.4, 0.5) is 8.78 Å². The summed E-state index contributed by atoms with van der Waals surface area (Å²) >= 11 is 6.34. The van der Waals surface area contributed by atoms with Crippen molar-refractivity contribution in [3.05, 3.63) is 64.2 Å². The Balaban J connectivity index is 1.78. The van der Waals surface area contributed by atoms with Crippen molar-refractivity contribution in [3.8, 4) is 5.75 Å². The molecule has 0 amide bonds. The third-order valence-corrected chi connectivity index (χ3v) is 7.18. The quantitative estimate of drug-likeness (QED) is 0.549. The fourth-order valence-electron chi connectivity index (χ4n) is 5.06. The number of benzene rings is 2. The molecule has 2 aromatic rings. The summed E-state index contributed by atoms with van der Waals surface area (Å²) in [7, 11) is 0. The summed E-state index contributed by atoms with van der Waals surface area (Å²) in [6, 6.07) is 11.3. The molecule has 33 heavy (non-hydrogen) atoms. The van der Waals surface area contributed by atoms with E-state index in [9.17, 15) is 33.7 Å². The maximum Gasteiger partial charge on any atom is 0.254 e. The Hall–Kier alpha value is -2.39. The van der Waals surface area contributed by atoms with Crippen LogP contribution in [0.5, 0.6) is 5.75 Å². The molecule has 0 spiro atoms. The van der Waals surface area contributed by atoms with Gasteiger partial charge in [-0.05, 0) is 48.2 Å². The zero-order valence-electron chi connectivity index (χ0n) is 17.7. The second kappa shape index (κ2) is 8.43. The van der Waals surface area contributed by atoms with Crippen molar-refractivity contribution >= 4 is 23.2 Å². The molecule has 2 aliphatic carbocycles. The number of aliphatic hydroxyl groups excluding tert-OH is 3. The van der Waals surface area contributed by atoms with Gasteiger partial charge in [0.05, 0.1) is 6.61 Å². The van der Waals surface area contributed by atoms with E-state index in [1.165, 1.54) is 18.2 Å². The molecule has 0 radical (unpaired) electrons. The third kappa shape index (κ3) is 3.31. The average Bonchev–Trinajstić information content (AvgIpc) is 3.00. The van der Waals surface area contributed by atoms with Gasteiger partial charge in [0, 0.05) is 11.4 Å². The molecule has 5 atom stereocenters. The molecule has 4 rings (SSSR count). The first-order valence-electron chi connectivity index (χ1n) is 10.5. The molecule has 0 heterocycles. The Labute approximate surface area is 193 Å². The number of Topliss-reactive ketones (excluding diaryl/α,β-unsaturated/α-hetero) is 2. The smallest absolute Gasteiger partial charge is 0.254 e. The molecule has 2 aromatic carbocycles. The number of halogens is 3. The van der Waals surface area contributed by atoms with Crippen LogP contribution >= 0.6 is 11.6 Å². The van der Waals surface area contributed by atoms with E-state index >= 15 is 0 Å². The average molecular weight is 481 g/mol. The van der Waals surface area contributed by atoms with E-state index in [-0.39, 0.29) is 5.56 Å². The second-order valence-corrected chi connectivity index (χ2v) is 8.93. The van der Waals surface area contributed by atoms with Gasteiger partial charge >= 0.3 is 0 Å². The van der Waals surface area contributed by atoms with E-state index < -0.39 is 53.6 Å². The van der Waals surface area contributed by atoms with Gasteiger partial charge in [-0.3, -0.25) is 9.59 Å². The van der Waals surface area contributed by atoms with Gasteiger partial charge in [0.25, 0.3) is 6.43 Å². The van der Waals surface area contributed by atoms with E-state index in [0.717, 1.165) is 5.56 Å². The van der Waals surface area contributed by atoms with Crippen molar-refractivity contribution in [2.24, 2.45) is 5.41 Å². The molecule has 0 saturated heterocycles. The highest BCUT2D eigenvalue weighted by atomic mass is 35.5. The van der Waals surface area contributed by atoms with Crippen LogP contribution in [-0.4, -0.2) is 58.2 Å². The summed E-state index contributed by atoms with van der Waals surface area (Å²) < 4.78 is 33.5. The molecule has 0 aromatic heterocycles. The van der Waals surface area contributed by atoms with Crippen LogP contribution in [0.1, 0.15) is 30.0 Å². The first-order valence-corrected chi connectivity index (χ1v) is 10.9. The molecule has 6 nitrogen and oxygen atoms in total. The van der Waals surface area contributed by atoms with Crippen molar-refractivity contribution < 1.29 is 38.4 Å². The van der Waals surface area contributed by atoms with E-state index in [1.807, 2.05) is 19.1 Å². The zero-order valence-corrected chi connectivity index (χ0v) is 18.4. The number of carbonyl (C=O) groups is 2.